The van der Waals surface area contributed by atoms with Crippen molar-refractivity contribution in [3.8, 4) is 0 Å². The van der Waals surface area contributed by atoms with Crippen molar-refractivity contribution in [2.24, 2.45) is 0 Å². The first-order chi connectivity index (χ1) is 9.24. The minimum absolute atomic E-state index is 0.406. The summed E-state index contributed by atoms with van der Waals surface area (Å²) in [6, 6.07) is 0.485. The van der Waals surface area contributed by atoms with Crippen molar-refractivity contribution in [3.63, 3.8) is 0 Å². The van der Waals surface area contributed by atoms with Crippen molar-refractivity contribution in [3.05, 3.63) is 11.7 Å². The smallest absolute Gasteiger partial charge is 0.226 e. The van der Waals surface area contributed by atoms with Crippen LogP contribution in [0.5, 0.6) is 0 Å². The number of hydrogen-bond donors (Lipinski definition) is 1. The summed E-state index contributed by atoms with van der Waals surface area (Å²) in [6.45, 7) is 4.41. The van der Waals surface area contributed by atoms with Crippen molar-refractivity contribution in [2.45, 2.75) is 49.7 Å². The van der Waals surface area contributed by atoms with Crippen molar-refractivity contribution in [2.75, 3.05) is 18.6 Å². The van der Waals surface area contributed by atoms with Gasteiger partial charge in [-0.1, -0.05) is 12.1 Å². The predicted octanol–water partition coefficient (Wildman–Crippen LogP) is 2.91. The number of aryl methyl sites for hydroxylation is 1. The number of hydrogen-bond acceptors (Lipinski definition) is 6. The number of thioether (sulfide) groups is 2. The number of aromatic nitrogens is 2. The average Bonchev–Trinajstić information content (AvgIpc) is 2.93. The molecule has 108 valence electrons. The van der Waals surface area contributed by atoms with Crippen molar-refractivity contribution >= 4 is 23.5 Å². The van der Waals surface area contributed by atoms with Crippen LogP contribution >= 0.6 is 23.5 Å². The molecular weight excluding hydrogens is 278 g/mol. The van der Waals surface area contributed by atoms with Crippen LogP contribution in [0.15, 0.2) is 4.52 Å². The molecule has 0 radical (unpaired) electrons. The number of rotatable bonds is 6. The van der Waals surface area contributed by atoms with Crippen LogP contribution in [0.2, 0.25) is 0 Å². The molecule has 1 aliphatic rings. The van der Waals surface area contributed by atoms with E-state index in [1.54, 1.807) is 0 Å². The van der Waals surface area contributed by atoms with Crippen LogP contribution in [0.25, 0.3) is 0 Å². The van der Waals surface area contributed by atoms with Crippen LogP contribution in [0.3, 0.4) is 0 Å². The lowest BCUT2D eigenvalue weighted by atomic mass is 10.2. The van der Waals surface area contributed by atoms with Gasteiger partial charge in [0.15, 0.2) is 5.82 Å². The van der Waals surface area contributed by atoms with Gasteiger partial charge in [0.05, 0.1) is 5.25 Å². The Balaban J connectivity index is 1.95. The molecule has 1 aromatic heterocycles. The Morgan fingerprint density at radius 2 is 2.21 bits per heavy atom. The normalized spacial score (nSPS) is 25.4. The summed E-state index contributed by atoms with van der Waals surface area (Å²) in [5.41, 5.74) is 0. The molecule has 2 heterocycles. The van der Waals surface area contributed by atoms with Crippen LogP contribution in [0.4, 0.5) is 0 Å². The molecule has 2 rings (SSSR count). The highest BCUT2D eigenvalue weighted by Gasteiger charge is 2.30. The molecule has 1 aromatic rings. The quantitative estimate of drug-likeness (QED) is 0.872. The van der Waals surface area contributed by atoms with Crippen molar-refractivity contribution in [1.29, 1.82) is 0 Å². The van der Waals surface area contributed by atoms with Gasteiger partial charge >= 0.3 is 0 Å². The second-order valence-electron chi connectivity index (χ2n) is 4.88. The molecule has 19 heavy (non-hydrogen) atoms. The summed E-state index contributed by atoms with van der Waals surface area (Å²) in [5.74, 6) is 4.11. The standard InChI is InChI=1S/C13H23N3OS2/c1-4-10-12(19-8-7-18-10)13-15-11(17-16-13)6-5-9(2)14-3/h9-10,12,14H,4-8H2,1-3H3. The maximum Gasteiger partial charge on any atom is 0.226 e. The highest BCUT2D eigenvalue weighted by atomic mass is 32.2. The van der Waals surface area contributed by atoms with Crippen LogP contribution < -0.4 is 5.32 Å². The lowest BCUT2D eigenvalue weighted by Crippen LogP contribution is -2.21. The Bertz CT molecular complexity index is 386. The fraction of sp³-hybridized carbons (Fsp3) is 0.846. The van der Waals surface area contributed by atoms with E-state index in [1.165, 1.54) is 17.9 Å². The van der Waals surface area contributed by atoms with Crippen molar-refractivity contribution in [1.82, 2.24) is 15.5 Å². The molecule has 3 unspecified atom stereocenters. The molecule has 0 aromatic carbocycles. The monoisotopic (exact) mass is 301 g/mol. The summed E-state index contributed by atoms with van der Waals surface area (Å²) in [5, 5.41) is 8.46. The zero-order valence-corrected chi connectivity index (χ0v) is 13.5. The van der Waals surface area contributed by atoms with Gasteiger partial charge in [0.2, 0.25) is 5.89 Å². The average molecular weight is 301 g/mol. The first-order valence-corrected chi connectivity index (χ1v) is 9.07. The van der Waals surface area contributed by atoms with E-state index >= 15 is 0 Å². The summed E-state index contributed by atoms with van der Waals surface area (Å²) in [6.07, 6.45) is 3.06. The van der Waals surface area contributed by atoms with E-state index in [4.69, 9.17) is 4.52 Å². The van der Waals surface area contributed by atoms with E-state index in [9.17, 15) is 0 Å². The maximum absolute atomic E-state index is 5.39. The fourth-order valence-electron chi connectivity index (χ4n) is 2.11. The molecule has 0 saturated carbocycles. The Labute approximate surface area is 123 Å². The first-order valence-electron chi connectivity index (χ1n) is 6.97. The Kier molecular flexibility index (Phi) is 6.04. The third-order valence-electron chi connectivity index (χ3n) is 3.48. The van der Waals surface area contributed by atoms with E-state index < -0.39 is 0 Å². The topological polar surface area (TPSA) is 51.0 Å². The van der Waals surface area contributed by atoms with Crippen LogP contribution in [-0.2, 0) is 6.42 Å². The first kappa shape index (κ1) is 15.2. The minimum Gasteiger partial charge on any atom is -0.339 e. The third kappa shape index (κ3) is 4.13. The third-order valence-corrected chi connectivity index (χ3v) is 6.72. The highest BCUT2D eigenvalue weighted by Crippen LogP contribution is 2.42. The van der Waals surface area contributed by atoms with Gasteiger partial charge in [-0.25, -0.2) is 0 Å². The number of nitrogens with one attached hydrogen (secondary N) is 1. The molecule has 1 fully saturated rings. The Hall–Kier alpha value is -0.200. The van der Waals surface area contributed by atoms with E-state index in [0.29, 0.717) is 16.5 Å². The zero-order valence-electron chi connectivity index (χ0n) is 11.9. The van der Waals surface area contributed by atoms with E-state index in [1.807, 2.05) is 30.6 Å². The summed E-state index contributed by atoms with van der Waals surface area (Å²) in [7, 11) is 1.98. The molecule has 0 spiro atoms. The van der Waals surface area contributed by atoms with Gasteiger partial charge in [-0.15, -0.1) is 11.8 Å². The molecule has 0 amide bonds. The van der Waals surface area contributed by atoms with Crippen LogP contribution in [-0.4, -0.2) is 40.0 Å². The SMILES string of the molecule is CCC1SCCSC1c1noc(CCC(C)NC)n1. The van der Waals surface area contributed by atoms with Gasteiger partial charge in [0.25, 0.3) is 0 Å². The molecule has 0 bridgehead atoms. The van der Waals surface area contributed by atoms with Crippen LogP contribution in [0.1, 0.15) is 43.7 Å². The molecule has 1 aliphatic heterocycles. The maximum atomic E-state index is 5.39. The minimum atomic E-state index is 0.406. The van der Waals surface area contributed by atoms with Gasteiger partial charge in [-0.3, -0.25) is 0 Å². The second-order valence-corrected chi connectivity index (χ2v) is 7.48. The van der Waals surface area contributed by atoms with E-state index in [2.05, 4.69) is 29.3 Å². The molecule has 1 N–H and O–H groups in total. The number of nitrogens with zero attached hydrogens (tertiary/aromatic N) is 2. The highest BCUT2D eigenvalue weighted by molar-refractivity contribution is 8.06. The molecule has 1 saturated heterocycles. The van der Waals surface area contributed by atoms with Gasteiger partial charge in [-0.05, 0) is 26.8 Å². The summed E-state index contributed by atoms with van der Waals surface area (Å²) >= 11 is 4.02. The summed E-state index contributed by atoms with van der Waals surface area (Å²) < 4.78 is 5.39. The molecule has 3 atom stereocenters. The zero-order chi connectivity index (χ0) is 13.7. The molecule has 4 nitrogen and oxygen atoms in total. The molecule has 6 heteroatoms. The van der Waals surface area contributed by atoms with E-state index in [-0.39, 0.29) is 0 Å². The van der Waals surface area contributed by atoms with Gasteiger partial charge in [-0.2, -0.15) is 16.7 Å². The molecular formula is C13H23N3OS2. The van der Waals surface area contributed by atoms with Crippen molar-refractivity contribution < 1.29 is 4.52 Å². The predicted molar refractivity (Wildman–Crippen MR) is 82.9 cm³/mol. The second kappa shape index (κ2) is 7.55. The lowest BCUT2D eigenvalue weighted by molar-refractivity contribution is 0.364. The lowest BCUT2D eigenvalue weighted by Gasteiger charge is -2.27. The van der Waals surface area contributed by atoms with Crippen LogP contribution in [0, 0.1) is 0 Å². The van der Waals surface area contributed by atoms with Gasteiger partial charge < -0.3 is 9.84 Å². The van der Waals surface area contributed by atoms with Gasteiger partial charge in [0.1, 0.15) is 0 Å². The largest absolute Gasteiger partial charge is 0.339 e. The summed E-state index contributed by atoms with van der Waals surface area (Å²) in [4.78, 5) is 4.60. The van der Waals surface area contributed by atoms with Gasteiger partial charge in [0, 0.05) is 29.2 Å². The molecule has 0 aliphatic carbocycles. The fourth-order valence-corrected chi connectivity index (χ4v) is 5.09. The Morgan fingerprint density at radius 1 is 1.42 bits per heavy atom. The Morgan fingerprint density at radius 3 is 2.95 bits per heavy atom. The van der Waals surface area contributed by atoms with E-state index in [0.717, 1.165) is 24.6 Å².